The molecule has 0 aromatic carbocycles. The Morgan fingerprint density at radius 2 is 0.923 bits per heavy atom. The van der Waals surface area contributed by atoms with Crippen molar-refractivity contribution in [2.24, 2.45) is 0 Å². The normalized spacial score (nSPS) is 13.1. The predicted molar refractivity (Wildman–Crippen MR) is 222 cm³/mol. The Morgan fingerprint density at radius 1 is 0.519 bits per heavy atom. The van der Waals surface area contributed by atoms with Gasteiger partial charge in [0.05, 0.1) is 25.4 Å². The van der Waals surface area contributed by atoms with Gasteiger partial charge in [-0.05, 0) is 77.0 Å². The number of rotatable bonds is 40. The van der Waals surface area contributed by atoms with Crippen molar-refractivity contribution in [3.63, 3.8) is 0 Å². The minimum absolute atomic E-state index is 0.0486. The highest BCUT2D eigenvalue weighted by molar-refractivity contribution is 5.76. The van der Waals surface area contributed by atoms with Gasteiger partial charge in [-0.1, -0.05) is 166 Å². The Balaban J connectivity index is 3.62. The van der Waals surface area contributed by atoms with E-state index in [4.69, 9.17) is 4.74 Å². The van der Waals surface area contributed by atoms with Crippen LogP contribution in [-0.4, -0.2) is 47.4 Å². The van der Waals surface area contributed by atoms with Crippen LogP contribution in [0.3, 0.4) is 0 Å². The van der Waals surface area contributed by atoms with E-state index in [0.29, 0.717) is 19.4 Å². The van der Waals surface area contributed by atoms with E-state index in [0.717, 1.165) is 70.6 Å². The van der Waals surface area contributed by atoms with Crippen LogP contribution in [0.2, 0.25) is 0 Å². The third-order valence-corrected chi connectivity index (χ3v) is 9.88. The molecule has 0 spiro atoms. The third kappa shape index (κ3) is 37.8. The van der Waals surface area contributed by atoms with Gasteiger partial charge in [-0.3, -0.25) is 9.59 Å². The lowest BCUT2D eigenvalue weighted by molar-refractivity contribution is -0.143. The molecule has 0 radical (unpaired) electrons. The molecule has 0 bridgehead atoms. The number of carbonyl (C=O) groups is 2. The van der Waals surface area contributed by atoms with E-state index in [1.165, 1.54) is 122 Å². The van der Waals surface area contributed by atoms with Gasteiger partial charge in [0.25, 0.3) is 0 Å². The molecule has 0 aliphatic rings. The fourth-order valence-electron chi connectivity index (χ4n) is 6.39. The SMILES string of the molecule is CCCCCC/C=C\CCCCCCCC(=O)OCCCCCC/C=C\CCCC(=O)NC(CO)C(O)/C=C/CCCCCCCCCCCCC. The molecule has 3 N–H and O–H groups in total. The summed E-state index contributed by atoms with van der Waals surface area (Å²) in [5.41, 5.74) is 0. The number of esters is 1. The fraction of sp³-hybridized carbons (Fsp3) is 0.826. The smallest absolute Gasteiger partial charge is 0.305 e. The van der Waals surface area contributed by atoms with E-state index in [1.54, 1.807) is 6.08 Å². The first-order valence-electron chi connectivity index (χ1n) is 22.3. The van der Waals surface area contributed by atoms with Gasteiger partial charge >= 0.3 is 5.97 Å². The summed E-state index contributed by atoms with van der Waals surface area (Å²) in [5, 5.41) is 22.9. The molecular formula is C46H85NO5. The molecule has 6 nitrogen and oxygen atoms in total. The van der Waals surface area contributed by atoms with Crippen molar-refractivity contribution in [2.45, 2.75) is 231 Å². The Morgan fingerprint density at radius 3 is 1.42 bits per heavy atom. The van der Waals surface area contributed by atoms with Gasteiger partial charge in [0, 0.05) is 12.8 Å². The second-order valence-corrected chi connectivity index (χ2v) is 15.0. The van der Waals surface area contributed by atoms with Crippen LogP contribution in [0.5, 0.6) is 0 Å². The first kappa shape index (κ1) is 50.1. The van der Waals surface area contributed by atoms with Crippen molar-refractivity contribution in [3.8, 4) is 0 Å². The molecule has 304 valence electrons. The van der Waals surface area contributed by atoms with Crippen LogP contribution in [-0.2, 0) is 14.3 Å². The zero-order valence-corrected chi connectivity index (χ0v) is 34.3. The number of hydrogen-bond acceptors (Lipinski definition) is 5. The maximum Gasteiger partial charge on any atom is 0.305 e. The number of nitrogens with one attached hydrogen (secondary N) is 1. The lowest BCUT2D eigenvalue weighted by atomic mass is 10.0. The number of amides is 1. The average molecular weight is 732 g/mol. The van der Waals surface area contributed by atoms with Gasteiger partial charge in [0.15, 0.2) is 0 Å². The third-order valence-electron chi connectivity index (χ3n) is 9.88. The summed E-state index contributed by atoms with van der Waals surface area (Å²) in [6, 6.07) is -0.664. The molecule has 0 aromatic rings. The Hall–Kier alpha value is -1.92. The maximum atomic E-state index is 12.3. The largest absolute Gasteiger partial charge is 0.466 e. The number of carbonyl (C=O) groups excluding carboxylic acids is 2. The molecule has 0 fully saturated rings. The second kappa shape index (κ2) is 41.8. The van der Waals surface area contributed by atoms with Crippen LogP contribution in [0.25, 0.3) is 0 Å². The van der Waals surface area contributed by atoms with Gasteiger partial charge in [-0.15, -0.1) is 0 Å². The van der Waals surface area contributed by atoms with Crippen LogP contribution in [0, 0.1) is 0 Å². The maximum absolute atomic E-state index is 12.3. The summed E-state index contributed by atoms with van der Waals surface area (Å²) < 4.78 is 5.41. The van der Waals surface area contributed by atoms with Crippen molar-refractivity contribution in [1.82, 2.24) is 5.32 Å². The van der Waals surface area contributed by atoms with Gasteiger partial charge in [-0.25, -0.2) is 0 Å². The van der Waals surface area contributed by atoms with E-state index in [2.05, 4.69) is 43.5 Å². The first-order chi connectivity index (χ1) is 25.5. The molecule has 0 aliphatic heterocycles. The Bertz CT molecular complexity index is 854. The highest BCUT2D eigenvalue weighted by Crippen LogP contribution is 2.13. The van der Waals surface area contributed by atoms with Crippen LogP contribution >= 0.6 is 0 Å². The zero-order chi connectivity index (χ0) is 38.0. The summed E-state index contributed by atoms with van der Waals surface area (Å²) in [6.07, 6.45) is 48.5. The highest BCUT2D eigenvalue weighted by atomic mass is 16.5. The van der Waals surface area contributed by atoms with Crippen molar-refractivity contribution < 1.29 is 24.5 Å². The molecule has 0 saturated carbocycles. The Kier molecular flexibility index (Phi) is 40.3. The lowest BCUT2D eigenvalue weighted by Crippen LogP contribution is -2.45. The first-order valence-corrected chi connectivity index (χ1v) is 22.3. The molecule has 2 unspecified atom stereocenters. The molecule has 2 atom stereocenters. The van der Waals surface area contributed by atoms with Crippen molar-refractivity contribution >= 4 is 11.9 Å². The van der Waals surface area contributed by atoms with Crippen molar-refractivity contribution in [1.29, 1.82) is 0 Å². The van der Waals surface area contributed by atoms with Crippen LogP contribution < -0.4 is 5.32 Å². The van der Waals surface area contributed by atoms with E-state index in [-0.39, 0.29) is 18.5 Å². The minimum atomic E-state index is -0.874. The van der Waals surface area contributed by atoms with Crippen LogP contribution in [0.1, 0.15) is 219 Å². The molecule has 0 rings (SSSR count). The average Bonchev–Trinajstić information content (AvgIpc) is 3.14. The quantitative estimate of drug-likeness (QED) is 0.0331. The van der Waals surface area contributed by atoms with Gasteiger partial charge in [0.1, 0.15) is 0 Å². The summed E-state index contributed by atoms with van der Waals surface area (Å²) in [6.45, 7) is 4.76. The highest BCUT2D eigenvalue weighted by Gasteiger charge is 2.17. The molecule has 0 saturated heterocycles. The monoisotopic (exact) mass is 732 g/mol. The molecule has 0 heterocycles. The predicted octanol–water partition coefficient (Wildman–Crippen LogP) is 12.6. The molecule has 0 aromatic heterocycles. The molecule has 1 amide bonds. The Labute approximate surface area is 322 Å². The van der Waals surface area contributed by atoms with Gasteiger partial charge in [-0.2, -0.15) is 0 Å². The minimum Gasteiger partial charge on any atom is -0.466 e. The summed E-state index contributed by atoms with van der Waals surface area (Å²) in [5.74, 6) is -0.180. The molecule has 6 heteroatoms. The lowest BCUT2D eigenvalue weighted by Gasteiger charge is -2.19. The number of aliphatic hydroxyl groups excluding tert-OH is 2. The fourth-order valence-corrected chi connectivity index (χ4v) is 6.39. The number of hydrogen-bond donors (Lipinski definition) is 3. The topological polar surface area (TPSA) is 95.9 Å². The van der Waals surface area contributed by atoms with Crippen molar-refractivity contribution in [2.75, 3.05) is 13.2 Å². The van der Waals surface area contributed by atoms with Crippen molar-refractivity contribution in [3.05, 3.63) is 36.5 Å². The number of allylic oxidation sites excluding steroid dienone is 5. The van der Waals surface area contributed by atoms with E-state index >= 15 is 0 Å². The summed E-state index contributed by atoms with van der Waals surface area (Å²) in [4.78, 5) is 24.3. The molecular weight excluding hydrogens is 647 g/mol. The standard InChI is InChI=1S/C46H85NO5/c1-3-5-7-9-11-13-15-17-19-22-26-30-34-38-44(49)43(42-48)47-45(50)39-35-31-27-23-21-25-29-33-37-41-52-46(51)40-36-32-28-24-20-18-16-14-12-10-8-6-4-2/h14,16,23,27,34,38,43-44,48-49H,3-13,15,17-22,24-26,28-33,35-37,39-42H2,1-2H3,(H,47,50)/b16-14-,27-23-,38-34+. The van der Waals surface area contributed by atoms with E-state index < -0.39 is 12.1 Å². The molecule has 52 heavy (non-hydrogen) atoms. The summed E-state index contributed by atoms with van der Waals surface area (Å²) >= 11 is 0. The van der Waals surface area contributed by atoms with Crippen LogP contribution in [0.15, 0.2) is 36.5 Å². The zero-order valence-electron chi connectivity index (χ0n) is 34.3. The van der Waals surface area contributed by atoms with E-state index in [9.17, 15) is 19.8 Å². The van der Waals surface area contributed by atoms with E-state index in [1.807, 2.05) is 6.08 Å². The number of unbranched alkanes of at least 4 members (excludes halogenated alkanes) is 25. The van der Waals surface area contributed by atoms with Gasteiger partial charge in [0.2, 0.25) is 5.91 Å². The second-order valence-electron chi connectivity index (χ2n) is 15.0. The number of aliphatic hydroxyl groups is 2. The number of ether oxygens (including phenoxy) is 1. The summed E-state index contributed by atoms with van der Waals surface area (Å²) in [7, 11) is 0. The van der Waals surface area contributed by atoms with Gasteiger partial charge < -0.3 is 20.3 Å². The van der Waals surface area contributed by atoms with Crippen LogP contribution in [0.4, 0.5) is 0 Å². The molecule has 0 aliphatic carbocycles.